The fraction of sp³-hybridized carbons (Fsp3) is 0.208. The number of halogens is 1. The van der Waals surface area contributed by atoms with Crippen LogP contribution in [0.15, 0.2) is 48.5 Å². The zero-order chi connectivity index (χ0) is 24.1. The average molecular weight is 488 g/mol. The molecule has 0 bridgehead atoms. The van der Waals surface area contributed by atoms with E-state index in [1.165, 1.54) is 0 Å². The summed E-state index contributed by atoms with van der Waals surface area (Å²) in [6, 6.07) is 14.3. The Labute approximate surface area is 193 Å². The molecule has 0 N–H and O–H groups in total. The molecular formula is C24H22ClNO6S. The fourth-order valence-electron chi connectivity index (χ4n) is 4.26. The van der Waals surface area contributed by atoms with Crippen LogP contribution >= 0.6 is 0 Å². The van der Waals surface area contributed by atoms with Gasteiger partial charge in [-0.3, -0.25) is 0 Å². The fourth-order valence-corrected chi connectivity index (χ4v) is 5.41. The largest absolute Gasteiger partial charge is 0.305 e. The molecule has 172 valence electrons. The van der Waals surface area contributed by atoms with Crippen molar-refractivity contribution in [3.05, 3.63) is 70.8 Å². The van der Waals surface area contributed by atoms with Gasteiger partial charge < -0.3 is 0 Å². The highest BCUT2D eigenvalue weighted by molar-refractivity contribution is 7.89. The van der Waals surface area contributed by atoms with Gasteiger partial charge in [-0.05, 0) is 61.2 Å². The van der Waals surface area contributed by atoms with Crippen molar-refractivity contribution in [3.63, 3.8) is 0 Å². The first-order valence-electron chi connectivity index (χ1n) is 10.0. The van der Waals surface area contributed by atoms with Crippen molar-refractivity contribution in [1.29, 1.82) is 0 Å². The maximum atomic E-state index is 12.1. The number of sulfone groups is 1. The number of fused-ring (bicyclic) bond motifs is 2. The molecule has 0 amide bonds. The van der Waals surface area contributed by atoms with Crippen LogP contribution in [0.4, 0.5) is 0 Å². The second-order valence-corrected chi connectivity index (χ2v) is 11.3. The van der Waals surface area contributed by atoms with E-state index in [4.69, 9.17) is 4.29 Å². The molecule has 0 aliphatic carbocycles. The highest BCUT2D eigenvalue weighted by Gasteiger charge is 2.29. The second-order valence-electron chi connectivity index (χ2n) is 8.29. The predicted octanol–water partition coefficient (Wildman–Crippen LogP) is 1.80. The van der Waals surface area contributed by atoms with Crippen molar-refractivity contribution >= 4 is 31.6 Å². The zero-order valence-electron chi connectivity index (χ0n) is 18.5. The quantitative estimate of drug-likeness (QED) is 0.393. The lowest BCUT2D eigenvalue weighted by Crippen LogP contribution is -2.63. The van der Waals surface area contributed by atoms with Gasteiger partial charge in [0.1, 0.15) is 10.2 Å². The van der Waals surface area contributed by atoms with E-state index in [1.54, 1.807) is 31.2 Å². The lowest BCUT2D eigenvalue weighted by atomic mass is 9.92. The minimum atomic E-state index is -4.82. The predicted molar refractivity (Wildman–Crippen MR) is 118 cm³/mol. The van der Waals surface area contributed by atoms with E-state index in [0.29, 0.717) is 27.6 Å². The lowest BCUT2D eigenvalue weighted by molar-refractivity contribution is -1.91. The molecule has 0 aliphatic rings. The van der Waals surface area contributed by atoms with E-state index >= 15 is 0 Å². The van der Waals surface area contributed by atoms with Crippen molar-refractivity contribution in [3.8, 4) is 16.9 Å². The van der Waals surface area contributed by atoms with Crippen LogP contribution in [0.5, 0.6) is 5.75 Å². The summed E-state index contributed by atoms with van der Waals surface area (Å²) in [6.45, 7) is 5.56. The number of aromatic nitrogens is 1. The summed E-state index contributed by atoms with van der Waals surface area (Å²) in [7, 11) is -8.22. The Morgan fingerprint density at radius 2 is 1.70 bits per heavy atom. The van der Waals surface area contributed by atoms with Crippen molar-refractivity contribution in [2.24, 2.45) is 0 Å². The molecule has 0 aliphatic heterocycles. The standard InChI is InChI=1S/C24H22ClNO6S/c1-14-10-16(3)22(18(11-14)13-33(4,30)31)19-8-9-21-20(24(19)32-25(27,28)29)12-17-7-5-6-15(2)23(17)26-21/h5-12H,13H2,1-4H3. The maximum absolute atomic E-state index is 12.1. The third-order valence-electron chi connectivity index (χ3n) is 5.39. The Morgan fingerprint density at radius 1 is 0.970 bits per heavy atom. The molecule has 1 heterocycles. The van der Waals surface area contributed by atoms with Gasteiger partial charge in [0, 0.05) is 17.2 Å². The van der Waals surface area contributed by atoms with Crippen molar-refractivity contribution in [2.75, 3.05) is 6.26 Å². The van der Waals surface area contributed by atoms with Gasteiger partial charge in [0.15, 0.2) is 9.84 Å². The molecule has 4 aromatic rings. The number of aryl methyl sites for hydroxylation is 3. The Bertz CT molecular complexity index is 1510. The van der Waals surface area contributed by atoms with E-state index in [0.717, 1.165) is 33.8 Å². The number of hydrogen-bond donors (Lipinski definition) is 0. The van der Waals surface area contributed by atoms with Gasteiger partial charge in [-0.2, -0.15) is 14.0 Å². The highest BCUT2D eigenvalue weighted by atomic mass is 35.7. The molecule has 7 nitrogen and oxygen atoms in total. The van der Waals surface area contributed by atoms with E-state index < -0.39 is 20.1 Å². The summed E-state index contributed by atoms with van der Waals surface area (Å²) in [5.41, 5.74) is 5.02. The highest BCUT2D eigenvalue weighted by Crippen LogP contribution is 2.42. The Morgan fingerprint density at radius 3 is 2.36 bits per heavy atom. The average Bonchev–Trinajstić information content (AvgIpc) is 2.66. The van der Waals surface area contributed by atoms with E-state index in [2.05, 4.69) is 4.98 Å². The summed E-state index contributed by atoms with van der Waals surface area (Å²) in [4.78, 5) is 4.65. The topological polar surface area (TPSA) is 125 Å². The van der Waals surface area contributed by atoms with Gasteiger partial charge in [0.05, 0.1) is 22.2 Å². The van der Waals surface area contributed by atoms with Gasteiger partial charge in [-0.25, -0.2) is 13.4 Å². The summed E-state index contributed by atoms with van der Waals surface area (Å²) in [5.74, 6) is -0.430. The maximum Gasteiger partial charge on any atom is 0.305 e. The van der Waals surface area contributed by atoms with Crippen LogP contribution in [0, 0.1) is 31.0 Å². The number of rotatable bonds is 5. The van der Waals surface area contributed by atoms with Gasteiger partial charge in [-0.1, -0.05) is 40.2 Å². The minimum Gasteiger partial charge on any atom is -0.247 e. The lowest BCUT2D eigenvalue weighted by Gasteiger charge is -2.19. The first kappa shape index (κ1) is 23.4. The number of benzene rings is 3. The van der Waals surface area contributed by atoms with Crippen LogP contribution in [0.25, 0.3) is 32.9 Å². The van der Waals surface area contributed by atoms with Gasteiger partial charge in [0.2, 0.25) is 0 Å². The Hall–Kier alpha value is -2.75. The first-order chi connectivity index (χ1) is 15.3. The zero-order valence-corrected chi connectivity index (χ0v) is 20.1. The second kappa shape index (κ2) is 8.23. The third kappa shape index (κ3) is 4.95. The molecule has 0 unspecified atom stereocenters. The molecular weight excluding hydrogens is 466 g/mol. The molecule has 0 radical (unpaired) electrons. The normalized spacial score (nSPS) is 12.5. The Balaban J connectivity index is 2.10. The summed E-state index contributed by atoms with van der Waals surface area (Å²) in [5, 5.41) is 1.09. The van der Waals surface area contributed by atoms with Crippen LogP contribution in [-0.2, 0) is 15.6 Å². The van der Waals surface area contributed by atoms with Crippen LogP contribution in [0.1, 0.15) is 22.3 Å². The first-order valence-corrected chi connectivity index (χ1v) is 13.3. The van der Waals surface area contributed by atoms with Gasteiger partial charge >= 0.3 is 5.75 Å². The van der Waals surface area contributed by atoms with Crippen molar-refractivity contribution in [1.82, 2.24) is 4.98 Å². The van der Waals surface area contributed by atoms with Crippen molar-refractivity contribution in [2.45, 2.75) is 26.5 Å². The van der Waals surface area contributed by atoms with E-state index in [-0.39, 0.29) is 11.5 Å². The SMILES string of the molecule is Cc1cc(C)c(-c2ccc3nc4c(C)cccc4cc3c2O[Cl+3]([O-])([O-])[O-])c(CS(C)(=O)=O)c1. The van der Waals surface area contributed by atoms with Crippen molar-refractivity contribution < 1.29 is 36.9 Å². The Kier molecular flexibility index (Phi) is 5.84. The van der Waals surface area contributed by atoms with Crippen LogP contribution in [-0.4, -0.2) is 19.7 Å². The molecule has 0 saturated heterocycles. The smallest absolute Gasteiger partial charge is 0.247 e. The molecule has 9 heteroatoms. The summed E-state index contributed by atoms with van der Waals surface area (Å²) in [6.07, 6.45) is 1.13. The summed E-state index contributed by atoms with van der Waals surface area (Å²) >= 11 is 0. The molecule has 0 spiro atoms. The molecule has 0 atom stereocenters. The molecule has 3 aromatic carbocycles. The van der Waals surface area contributed by atoms with E-state index in [1.807, 2.05) is 38.1 Å². The molecule has 1 aromatic heterocycles. The number of pyridine rings is 1. The molecule has 33 heavy (non-hydrogen) atoms. The van der Waals surface area contributed by atoms with E-state index in [9.17, 15) is 22.4 Å². The number of hydrogen-bond acceptors (Lipinski definition) is 7. The van der Waals surface area contributed by atoms with Crippen LogP contribution in [0.2, 0.25) is 0 Å². The van der Waals surface area contributed by atoms with Gasteiger partial charge in [-0.15, -0.1) is 0 Å². The number of para-hydroxylation sites is 1. The molecule has 0 saturated carbocycles. The molecule has 4 rings (SSSR count). The van der Waals surface area contributed by atoms with Crippen LogP contribution in [0.3, 0.4) is 0 Å². The van der Waals surface area contributed by atoms with Crippen LogP contribution < -0.4 is 18.3 Å². The minimum absolute atomic E-state index is 0.179. The third-order valence-corrected chi connectivity index (χ3v) is 6.57. The van der Waals surface area contributed by atoms with Gasteiger partial charge in [0.25, 0.3) is 0 Å². The molecule has 0 fully saturated rings. The summed E-state index contributed by atoms with van der Waals surface area (Å²) < 4.78 is 64.2. The number of nitrogens with zero attached hydrogens (tertiary/aromatic N) is 1. The monoisotopic (exact) mass is 487 g/mol.